The van der Waals surface area contributed by atoms with E-state index in [1.165, 1.54) is 5.56 Å². The van der Waals surface area contributed by atoms with Crippen molar-refractivity contribution in [1.82, 2.24) is 5.32 Å². The smallest absolute Gasteiger partial charge is 0.373 e. The van der Waals surface area contributed by atoms with Gasteiger partial charge in [-0.15, -0.1) is 23.5 Å². The predicted molar refractivity (Wildman–Crippen MR) is 286 cm³/mol. The van der Waals surface area contributed by atoms with Gasteiger partial charge >= 0.3 is 70.4 Å². The molecular formula is C42H81NO13S3Si8. The fourth-order valence-corrected chi connectivity index (χ4v) is 63.2. The topological polar surface area (TPSA) is 140 Å². The molecule has 6 aliphatic rings. The standard InChI is InChI=1S/C42H81NO13S3Si8/c1-33(2)26-61-45-60(24-18-22-43-41(44)21-23-58-42(57)59-25-40-19-16-15-17-20-40)46-62(27-34(3)4)50-64(48-61,29-36(7)8)54-67(32-39(13)14)55-65(49-61,30-37(9)10)51-63(47-60,28-35(5)6)53-66(52-62,56-67)31-38(11)12/h15-17,19-20,33-39H,18,21-32H2,1-14H3,(H,43,44). The molecule has 1 amide bonds. The zero-order chi connectivity index (χ0) is 49.1. The molecule has 0 aliphatic carbocycles. The molecule has 0 radical (unpaired) electrons. The molecule has 6 saturated heterocycles. The second-order valence-corrected chi connectivity index (χ2v) is 49.3. The number of hydrogen-bond donors (Lipinski definition) is 1. The van der Waals surface area contributed by atoms with Crippen LogP contribution in [0, 0.1) is 41.4 Å². The third-order valence-corrected chi connectivity index (χ3v) is 53.9. The number of thiocarbonyl (C=S) groups is 1. The summed E-state index contributed by atoms with van der Waals surface area (Å²) < 4.78 is 94.8. The molecule has 25 heteroatoms. The third kappa shape index (κ3) is 15.4. The van der Waals surface area contributed by atoms with E-state index in [-0.39, 0.29) is 47.3 Å². The van der Waals surface area contributed by atoms with Crippen LogP contribution in [0.2, 0.25) is 48.4 Å². The fraction of sp³-hybridized carbons (Fsp3) is 0.810. The van der Waals surface area contributed by atoms with E-state index in [2.05, 4.69) is 114 Å². The number of carbonyl (C=O) groups excluding carboxylic acids is 1. The molecule has 0 unspecified atom stereocenters. The molecule has 1 N–H and O–H groups in total. The molecular weight excluding hydrogens is 1050 g/mol. The van der Waals surface area contributed by atoms with Crippen LogP contribution >= 0.6 is 35.7 Å². The molecule has 8 bridgehead atoms. The van der Waals surface area contributed by atoms with E-state index in [0.717, 1.165) is 9.28 Å². The summed E-state index contributed by atoms with van der Waals surface area (Å²) in [5.41, 5.74) is 1.22. The number of benzene rings is 1. The minimum atomic E-state index is -4.11. The summed E-state index contributed by atoms with van der Waals surface area (Å²) in [5, 5.41) is 3.17. The van der Waals surface area contributed by atoms with E-state index in [0.29, 0.717) is 73.5 Å². The molecule has 6 heterocycles. The van der Waals surface area contributed by atoms with Crippen molar-refractivity contribution in [2.45, 2.75) is 164 Å². The minimum absolute atomic E-state index is 0.0505. The second-order valence-electron chi connectivity index (χ2n) is 22.0. The molecule has 7 rings (SSSR count). The first kappa shape index (κ1) is 57.0. The molecule has 0 atom stereocenters. The Balaban J connectivity index is 1.45. The summed E-state index contributed by atoms with van der Waals surface area (Å²) in [7, 11) is -32.1. The van der Waals surface area contributed by atoms with Crippen molar-refractivity contribution in [2.75, 3.05) is 12.3 Å². The SMILES string of the molecule is CC(C)C[Si]12O[Si]3(CCCNC(=O)CCSC(=S)SCc4ccccc4)O[Si]4(CC(C)C)O[Si](CC(C)C)(O1)O[Si]1(CC(C)C)O[Si](CC(C)C)(O2)O[Si](CC(C)C)(O3)O[Si](CC(C)C)(O4)O1. The van der Waals surface area contributed by atoms with Gasteiger partial charge in [-0.1, -0.05) is 139 Å². The van der Waals surface area contributed by atoms with Crippen molar-refractivity contribution < 1.29 is 54.2 Å². The van der Waals surface area contributed by atoms with Crippen molar-refractivity contribution in [2.24, 2.45) is 41.4 Å². The fourth-order valence-electron chi connectivity index (χ4n) is 9.48. The van der Waals surface area contributed by atoms with Gasteiger partial charge in [-0.05, 0) is 53.4 Å². The maximum Gasteiger partial charge on any atom is 0.479 e. The molecule has 14 nitrogen and oxygen atoms in total. The predicted octanol–water partition coefficient (Wildman–Crippen LogP) is 11.2. The van der Waals surface area contributed by atoms with Gasteiger partial charge in [0, 0.05) is 72.8 Å². The molecule has 6 fully saturated rings. The van der Waals surface area contributed by atoms with E-state index < -0.39 is 70.4 Å². The van der Waals surface area contributed by atoms with Gasteiger partial charge in [-0.2, -0.15) is 0 Å². The Hall–Kier alpha value is 0.735. The molecule has 67 heavy (non-hydrogen) atoms. The van der Waals surface area contributed by atoms with Crippen LogP contribution < -0.4 is 5.32 Å². The Kier molecular flexibility index (Phi) is 19.7. The zero-order valence-corrected chi connectivity index (χ0v) is 53.1. The van der Waals surface area contributed by atoms with Crippen LogP contribution in [0.15, 0.2) is 30.3 Å². The third-order valence-electron chi connectivity index (χ3n) is 11.1. The molecule has 0 saturated carbocycles. The van der Waals surface area contributed by atoms with Crippen molar-refractivity contribution in [1.29, 1.82) is 0 Å². The summed E-state index contributed by atoms with van der Waals surface area (Å²) >= 11 is 8.80. The highest BCUT2D eigenvalue weighted by Gasteiger charge is 2.83. The van der Waals surface area contributed by atoms with Gasteiger partial charge in [-0.3, -0.25) is 4.79 Å². The number of amides is 1. The van der Waals surface area contributed by atoms with Crippen molar-refractivity contribution in [3.63, 3.8) is 0 Å². The van der Waals surface area contributed by atoms with E-state index in [9.17, 15) is 4.79 Å². The Bertz CT molecular complexity index is 1680. The van der Waals surface area contributed by atoms with Crippen LogP contribution in [0.3, 0.4) is 0 Å². The van der Waals surface area contributed by atoms with Gasteiger partial charge in [0.15, 0.2) is 0 Å². The highest BCUT2D eigenvalue weighted by molar-refractivity contribution is 8.46. The highest BCUT2D eigenvalue weighted by atomic mass is 32.2. The lowest BCUT2D eigenvalue weighted by Gasteiger charge is -2.64. The van der Waals surface area contributed by atoms with E-state index >= 15 is 0 Å². The summed E-state index contributed by atoms with van der Waals surface area (Å²) in [6.45, 7) is 30.5. The number of hydrogen-bond acceptors (Lipinski definition) is 16. The maximum atomic E-state index is 13.4. The average Bonchev–Trinajstić information content (AvgIpc) is 3.11. The lowest BCUT2D eigenvalue weighted by molar-refractivity contribution is -0.120. The lowest BCUT2D eigenvalue weighted by Crippen LogP contribution is -2.88. The quantitative estimate of drug-likeness (QED) is 0.0631. The highest BCUT2D eigenvalue weighted by Crippen LogP contribution is 2.56. The van der Waals surface area contributed by atoms with Crippen molar-refractivity contribution in [3.05, 3.63) is 35.9 Å². The van der Waals surface area contributed by atoms with Crippen molar-refractivity contribution >= 4 is 116 Å². The van der Waals surface area contributed by atoms with Gasteiger partial charge in [0.25, 0.3) is 0 Å². The first-order chi connectivity index (χ1) is 31.3. The molecule has 382 valence electrons. The number of nitrogens with one attached hydrogen (secondary N) is 1. The summed E-state index contributed by atoms with van der Waals surface area (Å²) in [4.78, 5) is 13.4. The van der Waals surface area contributed by atoms with Crippen LogP contribution in [0.4, 0.5) is 0 Å². The number of carbonyl (C=O) groups is 1. The molecule has 1 aromatic carbocycles. The minimum Gasteiger partial charge on any atom is -0.373 e. The van der Waals surface area contributed by atoms with E-state index in [1.807, 2.05) is 18.2 Å². The molecule has 0 spiro atoms. The van der Waals surface area contributed by atoms with Gasteiger partial charge in [0.1, 0.15) is 3.53 Å². The van der Waals surface area contributed by atoms with Gasteiger partial charge < -0.3 is 54.7 Å². The Morgan fingerprint density at radius 3 is 1.07 bits per heavy atom. The lowest BCUT2D eigenvalue weighted by atomic mass is 10.2. The van der Waals surface area contributed by atoms with Gasteiger partial charge in [0.05, 0.1) is 0 Å². The number of rotatable bonds is 23. The summed E-state index contributed by atoms with van der Waals surface area (Å²) in [6.07, 6.45) is 0.814. The first-order valence-corrected chi connectivity index (χ1v) is 42.6. The molecule has 0 aromatic heterocycles. The molecule has 6 aliphatic heterocycles. The van der Waals surface area contributed by atoms with Gasteiger partial charge in [-0.25, -0.2) is 0 Å². The van der Waals surface area contributed by atoms with E-state index in [4.69, 9.17) is 61.6 Å². The van der Waals surface area contributed by atoms with Gasteiger partial charge in [0.2, 0.25) is 5.91 Å². The molecule has 1 aromatic rings. The Labute approximate surface area is 425 Å². The number of thioether (sulfide) groups is 2. The normalized spacial score (nSPS) is 34.9. The summed E-state index contributed by atoms with van der Waals surface area (Å²) in [5.74, 6) is 1.92. The monoisotopic (exact) mass is 1130 g/mol. The Morgan fingerprint density at radius 1 is 0.478 bits per heavy atom. The van der Waals surface area contributed by atoms with E-state index in [1.54, 1.807) is 23.5 Å². The van der Waals surface area contributed by atoms with Crippen LogP contribution in [0.1, 0.15) is 115 Å². The largest absolute Gasteiger partial charge is 0.479 e. The van der Waals surface area contributed by atoms with Crippen LogP contribution in [0.25, 0.3) is 0 Å². The summed E-state index contributed by atoms with van der Waals surface area (Å²) in [6, 6.07) is 13.7. The Morgan fingerprint density at radius 2 is 0.776 bits per heavy atom. The van der Waals surface area contributed by atoms with Crippen LogP contribution in [-0.2, 0) is 59.9 Å². The van der Waals surface area contributed by atoms with Crippen LogP contribution in [0.5, 0.6) is 0 Å². The van der Waals surface area contributed by atoms with Crippen LogP contribution in [-0.4, -0.2) is 92.2 Å². The maximum absolute atomic E-state index is 13.4. The first-order valence-electron chi connectivity index (χ1n) is 24.8. The van der Waals surface area contributed by atoms with Crippen molar-refractivity contribution in [3.8, 4) is 0 Å². The average molecular weight is 1130 g/mol. The second kappa shape index (κ2) is 23.1. The zero-order valence-electron chi connectivity index (χ0n) is 42.7.